The fourth-order valence-corrected chi connectivity index (χ4v) is 2.49. The van der Waals surface area contributed by atoms with Crippen LogP contribution in [-0.4, -0.2) is 18.1 Å². The van der Waals surface area contributed by atoms with Crippen molar-refractivity contribution in [3.8, 4) is 5.75 Å². The van der Waals surface area contributed by atoms with Crippen molar-refractivity contribution in [1.29, 1.82) is 0 Å². The first-order chi connectivity index (χ1) is 9.05. The van der Waals surface area contributed by atoms with Crippen LogP contribution in [0, 0.1) is 6.92 Å². The number of anilines is 1. The standard InChI is InChI=1S/C15H22N2O2/c1-3-19-13-10-11(2)6-7-12(13)17-14(18)15(16)8-4-5-9-15/h6-7,10H,3-5,8-9,16H2,1-2H3,(H,17,18). The number of ether oxygens (including phenoxy) is 1. The fourth-order valence-electron chi connectivity index (χ4n) is 2.49. The van der Waals surface area contributed by atoms with Crippen molar-refractivity contribution in [2.24, 2.45) is 5.73 Å². The fraction of sp³-hybridized carbons (Fsp3) is 0.533. The highest BCUT2D eigenvalue weighted by Crippen LogP contribution is 2.31. The first kappa shape index (κ1) is 13.9. The Hall–Kier alpha value is -1.55. The molecule has 4 nitrogen and oxygen atoms in total. The van der Waals surface area contributed by atoms with E-state index in [4.69, 9.17) is 10.5 Å². The molecule has 104 valence electrons. The largest absolute Gasteiger partial charge is 0.492 e. The number of hydrogen-bond donors (Lipinski definition) is 2. The number of aryl methyl sites for hydroxylation is 1. The van der Waals surface area contributed by atoms with Crippen LogP contribution >= 0.6 is 0 Å². The van der Waals surface area contributed by atoms with E-state index in [9.17, 15) is 4.79 Å². The lowest BCUT2D eigenvalue weighted by molar-refractivity contribution is -0.121. The number of benzene rings is 1. The Morgan fingerprint density at radius 2 is 2.11 bits per heavy atom. The van der Waals surface area contributed by atoms with Gasteiger partial charge in [-0.2, -0.15) is 0 Å². The summed E-state index contributed by atoms with van der Waals surface area (Å²) in [5.74, 6) is 0.604. The summed E-state index contributed by atoms with van der Waals surface area (Å²) in [6.45, 7) is 4.49. The highest BCUT2D eigenvalue weighted by molar-refractivity contribution is 5.99. The minimum absolute atomic E-state index is 0.102. The van der Waals surface area contributed by atoms with E-state index in [1.807, 2.05) is 32.0 Å². The van der Waals surface area contributed by atoms with Crippen LogP contribution in [0.2, 0.25) is 0 Å². The normalized spacial score (nSPS) is 17.2. The van der Waals surface area contributed by atoms with Crippen LogP contribution in [0.5, 0.6) is 5.75 Å². The van der Waals surface area contributed by atoms with Crippen molar-refractivity contribution in [3.05, 3.63) is 23.8 Å². The van der Waals surface area contributed by atoms with Crippen LogP contribution in [0.15, 0.2) is 18.2 Å². The number of hydrogen-bond acceptors (Lipinski definition) is 3. The summed E-state index contributed by atoms with van der Waals surface area (Å²) >= 11 is 0. The van der Waals surface area contributed by atoms with Gasteiger partial charge in [-0.25, -0.2) is 0 Å². The van der Waals surface area contributed by atoms with Gasteiger partial charge in [0.2, 0.25) is 5.91 Å². The monoisotopic (exact) mass is 262 g/mol. The Labute approximate surface area is 114 Å². The van der Waals surface area contributed by atoms with Gasteiger partial charge in [-0.15, -0.1) is 0 Å². The Kier molecular flexibility index (Phi) is 4.10. The van der Waals surface area contributed by atoms with Crippen LogP contribution in [0.1, 0.15) is 38.2 Å². The van der Waals surface area contributed by atoms with Gasteiger partial charge < -0.3 is 15.8 Å². The summed E-state index contributed by atoms with van der Waals surface area (Å²) in [7, 11) is 0. The van der Waals surface area contributed by atoms with Gasteiger partial charge in [-0.3, -0.25) is 4.79 Å². The van der Waals surface area contributed by atoms with Gasteiger partial charge in [0.1, 0.15) is 5.75 Å². The second-order valence-electron chi connectivity index (χ2n) is 5.25. The van der Waals surface area contributed by atoms with E-state index in [0.29, 0.717) is 18.0 Å². The number of carbonyl (C=O) groups excluding carboxylic acids is 1. The molecule has 0 heterocycles. The molecule has 1 saturated carbocycles. The molecule has 1 aliphatic carbocycles. The number of rotatable bonds is 4. The van der Waals surface area contributed by atoms with Crippen molar-refractivity contribution >= 4 is 11.6 Å². The highest BCUT2D eigenvalue weighted by atomic mass is 16.5. The Bertz CT molecular complexity index is 465. The molecule has 1 amide bonds. The smallest absolute Gasteiger partial charge is 0.244 e. The van der Waals surface area contributed by atoms with Gasteiger partial charge in [0.25, 0.3) is 0 Å². The molecular weight excluding hydrogens is 240 g/mol. The zero-order chi connectivity index (χ0) is 13.9. The van der Waals surface area contributed by atoms with E-state index >= 15 is 0 Å². The number of nitrogens with one attached hydrogen (secondary N) is 1. The predicted molar refractivity (Wildman–Crippen MR) is 76.4 cm³/mol. The SMILES string of the molecule is CCOc1cc(C)ccc1NC(=O)C1(N)CCCC1. The molecule has 1 aliphatic rings. The van der Waals surface area contributed by atoms with Gasteiger partial charge >= 0.3 is 0 Å². The molecule has 0 aromatic heterocycles. The highest BCUT2D eigenvalue weighted by Gasteiger charge is 2.37. The maximum Gasteiger partial charge on any atom is 0.244 e. The van der Waals surface area contributed by atoms with Crippen LogP contribution in [0.4, 0.5) is 5.69 Å². The molecule has 0 unspecified atom stereocenters. The molecular formula is C15H22N2O2. The molecule has 4 heteroatoms. The molecule has 1 aromatic rings. The third-order valence-corrected chi connectivity index (χ3v) is 3.63. The van der Waals surface area contributed by atoms with E-state index in [-0.39, 0.29) is 5.91 Å². The van der Waals surface area contributed by atoms with E-state index in [1.54, 1.807) is 0 Å². The second-order valence-corrected chi connectivity index (χ2v) is 5.25. The maximum absolute atomic E-state index is 12.3. The third kappa shape index (κ3) is 3.07. The molecule has 2 rings (SSSR count). The van der Waals surface area contributed by atoms with Gasteiger partial charge in [0.05, 0.1) is 17.8 Å². The first-order valence-corrected chi connectivity index (χ1v) is 6.89. The molecule has 0 atom stereocenters. The van der Waals surface area contributed by atoms with Gasteiger partial charge in [-0.1, -0.05) is 18.9 Å². The number of amides is 1. The van der Waals surface area contributed by atoms with Crippen molar-refractivity contribution < 1.29 is 9.53 Å². The molecule has 1 fully saturated rings. The number of nitrogens with two attached hydrogens (primary N) is 1. The van der Waals surface area contributed by atoms with Gasteiger partial charge in [0.15, 0.2) is 0 Å². The van der Waals surface area contributed by atoms with Crippen LogP contribution in [0.25, 0.3) is 0 Å². The van der Waals surface area contributed by atoms with Crippen LogP contribution in [-0.2, 0) is 4.79 Å². The average molecular weight is 262 g/mol. The molecule has 3 N–H and O–H groups in total. The minimum Gasteiger partial charge on any atom is -0.492 e. The van der Waals surface area contributed by atoms with E-state index in [2.05, 4.69) is 5.32 Å². The van der Waals surface area contributed by atoms with E-state index < -0.39 is 5.54 Å². The molecule has 0 spiro atoms. The van der Waals surface area contributed by atoms with E-state index in [0.717, 1.165) is 31.2 Å². The summed E-state index contributed by atoms with van der Waals surface area (Å²) in [5.41, 5.74) is 7.24. The molecule has 0 saturated heterocycles. The Morgan fingerprint density at radius 1 is 1.42 bits per heavy atom. The Balaban J connectivity index is 2.16. The van der Waals surface area contributed by atoms with Crippen molar-refractivity contribution in [3.63, 3.8) is 0 Å². The molecule has 0 aliphatic heterocycles. The Morgan fingerprint density at radius 3 is 2.74 bits per heavy atom. The zero-order valence-corrected chi connectivity index (χ0v) is 11.7. The average Bonchev–Trinajstić information content (AvgIpc) is 2.81. The van der Waals surface area contributed by atoms with Crippen LogP contribution in [0.3, 0.4) is 0 Å². The van der Waals surface area contributed by atoms with Crippen molar-refractivity contribution in [2.45, 2.75) is 45.1 Å². The summed E-state index contributed by atoms with van der Waals surface area (Å²) in [6.07, 6.45) is 3.57. The maximum atomic E-state index is 12.3. The predicted octanol–water partition coefficient (Wildman–Crippen LogP) is 2.60. The second kappa shape index (κ2) is 5.61. The summed E-state index contributed by atoms with van der Waals surface area (Å²) < 4.78 is 5.56. The van der Waals surface area contributed by atoms with E-state index in [1.165, 1.54) is 0 Å². The summed E-state index contributed by atoms with van der Waals surface area (Å²) in [5, 5.41) is 2.92. The van der Waals surface area contributed by atoms with Gasteiger partial charge in [-0.05, 0) is 44.4 Å². The molecule has 1 aromatic carbocycles. The van der Waals surface area contributed by atoms with Gasteiger partial charge in [0, 0.05) is 0 Å². The lowest BCUT2D eigenvalue weighted by Crippen LogP contribution is -2.48. The molecule has 19 heavy (non-hydrogen) atoms. The van der Waals surface area contributed by atoms with Crippen molar-refractivity contribution in [2.75, 3.05) is 11.9 Å². The first-order valence-electron chi connectivity index (χ1n) is 6.89. The minimum atomic E-state index is -0.714. The summed E-state index contributed by atoms with van der Waals surface area (Å²) in [4.78, 5) is 12.3. The topological polar surface area (TPSA) is 64.3 Å². The third-order valence-electron chi connectivity index (χ3n) is 3.63. The van der Waals surface area contributed by atoms with Crippen LogP contribution < -0.4 is 15.8 Å². The lowest BCUT2D eigenvalue weighted by atomic mass is 9.98. The molecule has 0 radical (unpaired) electrons. The lowest BCUT2D eigenvalue weighted by Gasteiger charge is -2.23. The zero-order valence-electron chi connectivity index (χ0n) is 11.7. The number of carbonyl (C=O) groups is 1. The molecule has 0 bridgehead atoms. The summed E-state index contributed by atoms with van der Waals surface area (Å²) in [6, 6.07) is 5.75. The van der Waals surface area contributed by atoms with Crippen molar-refractivity contribution in [1.82, 2.24) is 0 Å². The quantitative estimate of drug-likeness (QED) is 0.876.